The number of rotatable bonds is 8. The van der Waals surface area contributed by atoms with Gasteiger partial charge in [-0.2, -0.15) is 5.10 Å². The molecule has 0 aliphatic carbocycles. The highest BCUT2D eigenvalue weighted by Gasteiger charge is 2.20. The molecule has 0 aliphatic heterocycles. The molecule has 1 rings (SSSR count). The van der Waals surface area contributed by atoms with Crippen molar-refractivity contribution in [3.63, 3.8) is 0 Å². The second kappa shape index (κ2) is 9.46. The first-order valence-corrected chi connectivity index (χ1v) is 7.36. The Kier molecular flexibility index (Phi) is 7.63. The van der Waals surface area contributed by atoms with Gasteiger partial charge in [-0.15, -0.1) is 0 Å². The maximum atomic E-state index is 11.8. The van der Waals surface area contributed by atoms with Crippen LogP contribution in [0.2, 0.25) is 5.02 Å². The van der Waals surface area contributed by atoms with Crippen LogP contribution in [0, 0.1) is 10.1 Å². The molecular formula is C14H16ClN3O6. The average Bonchev–Trinajstić information content (AvgIpc) is 2.51. The molecule has 0 spiro atoms. The minimum Gasteiger partial charge on any atom is -0.466 e. The normalized spacial score (nSPS) is 10.9. The van der Waals surface area contributed by atoms with Crippen molar-refractivity contribution >= 4 is 40.6 Å². The van der Waals surface area contributed by atoms with E-state index in [1.807, 2.05) is 0 Å². The summed E-state index contributed by atoms with van der Waals surface area (Å²) in [6.45, 7) is 3.43. The Bertz CT molecular complexity index is 662. The summed E-state index contributed by atoms with van der Waals surface area (Å²) in [5.41, 5.74) is 1.78. The molecule has 0 bridgehead atoms. The molecule has 0 amide bonds. The second-order valence-corrected chi connectivity index (χ2v) is 4.73. The fourth-order valence-electron chi connectivity index (χ4n) is 1.61. The predicted molar refractivity (Wildman–Crippen MR) is 87.0 cm³/mol. The van der Waals surface area contributed by atoms with Gasteiger partial charge >= 0.3 is 11.9 Å². The number of benzene rings is 1. The maximum absolute atomic E-state index is 11.8. The van der Waals surface area contributed by atoms with Gasteiger partial charge in [-0.1, -0.05) is 11.6 Å². The molecular weight excluding hydrogens is 342 g/mol. The summed E-state index contributed by atoms with van der Waals surface area (Å²) < 4.78 is 9.54. The molecule has 130 valence electrons. The quantitative estimate of drug-likeness (QED) is 0.328. The summed E-state index contributed by atoms with van der Waals surface area (Å²) in [6, 6.07) is 3.81. The number of hydrogen-bond donors (Lipinski definition) is 1. The highest BCUT2D eigenvalue weighted by molar-refractivity contribution is 6.39. The predicted octanol–water partition coefficient (Wildman–Crippen LogP) is 2.53. The number of anilines is 1. The van der Waals surface area contributed by atoms with Crippen molar-refractivity contribution in [2.45, 2.75) is 20.3 Å². The number of hydrogen-bond acceptors (Lipinski definition) is 8. The summed E-state index contributed by atoms with van der Waals surface area (Å²) in [7, 11) is 0. The first kappa shape index (κ1) is 19.4. The number of hydrazone groups is 1. The van der Waals surface area contributed by atoms with Gasteiger partial charge in [0.1, 0.15) is 5.69 Å². The lowest BCUT2D eigenvalue weighted by molar-refractivity contribution is -0.384. The molecule has 24 heavy (non-hydrogen) atoms. The number of nitrogens with zero attached hydrogens (tertiary/aromatic N) is 2. The molecule has 0 atom stereocenters. The Hall–Kier alpha value is -2.68. The molecule has 1 N–H and O–H groups in total. The third-order valence-corrected chi connectivity index (χ3v) is 2.83. The lowest BCUT2D eigenvalue weighted by Gasteiger charge is -2.07. The van der Waals surface area contributed by atoms with Crippen LogP contribution in [0.5, 0.6) is 0 Å². The first-order chi connectivity index (χ1) is 11.4. The molecule has 0 saturated heterocycles. The Morgan fingerprint density at radius 2 is 1.96 bits per heavy atom. The second-order valence-electron chi connectivity index (χ2n) is 4.29. The van der Waals surface area contributed by atoms with Crippen LogP contribution in [0.15, 0.2) is 23.3 Å². The van der Waals surface area contributed by atoms with Gasteiger partial charge in [0.15, 0.2) is 5.71 Å². The monoisotopic (exact) mass is 357 g/mol. The van der Waals surface area contributed by atoms with E-state index in [4.69, 9.17) is 21.1 Å². The van der Waals surface area contributed by atoms with Gasteiger partial charge in [-0.3, -0.25) is 20.3 Å². The van der Waals surface area contributed by atoms with Crippen LogP contribution in [0.4, 0.5) is 11.4 Å². The molecule has 0 aromatic heterocycles. The number of carbonyl (C=O) groups excluding carboxylic acids is 2. The Morgan fingerprint density at radius 1 is 1.29 bits per heavy atom. The minimum absolute atomic E-state index is 0.0295. The van der Waals surface area contributed by atoms with E-state index >= 15 is 0 Å². The van der Waals surface area contributed by atoms with Crippen LogP contribution in [-0.2, 0) is 19.1 Å². The molecule has 9 nitrogen and oxygen atoms in total. The number of nitro benzene ring substituents is 1. The van der Waals surface area contributed by atoms with Crippen molar-refractivity contribution in [2.24, 2.45) is 5.10 Å². The van der Waals surface area contributed by atoms with E-state index in [-0.39, 0.29) is 35.3 Å². The van der Waals surface area contributed by atoms with Crippen molar-refractivity contribution < 1.29 is 24.0 Å². The van der Waals surface area contributed by atoms with Crippen molar-refractivity contribution in [1.82, 2.24) is 0 Å². The van der Waals surface area contributed by atoms with E-state index in [0.717, 1.165) is 0 Å². The van der Waals surface area contributed by atoms with Crippen molar-refractivity contribution in [2.75, 3.05) is 18.6 Å². The Morgan fingerprint density at radius 3 is 2.54 bits per heavy atom. The van der Waals surface area contributed by atoms with Crippen LogP contribution in [-0.4, -0.2) is 35.8 Å². The summed E-state index contributed by atoms with van der Waals surface area (Å²) >= 11 is 5.80. The SMILES string of the molecule is CCOC(=O)C/C(=N\Nc1cc(Cl)ccc1[N+](=O)[O-])C(=O)OCC. The third-order valence-electron chi connectivity index (χ3n) is 2.59. The summed E-state index contributed by atoms with van der Waals surface area (Å²) in [6.07, 6.45) is -0.436. The number of nitro groups is 1. The van der Waals surface area contributed by atoms with Crippen molar-refractivity contribution in [3.05, 3.63) is 33.3 Å². The van der Waals surface area contributed by atoms with E-state index in [2.05, 4.69) is 10.5 Å². The van der Waals surface area contributed by atoms with Gasteiger partial charge in [-0.25, -0.2) is 4.79 Å². The fourth-order valence-corrected chi connectivity index (χ4v) is 1.78. The smallest absolute Gasteiger partial charge is 0.355 e. The number of halogens is 1. The van der Waals surface area contributed by atoms with Crippen LogP contribution in [0.1, 0.15) is 20.3 Å². The topological polar surface area (TPSA) is 120 Å². The van der Waals surface area contributed by atoms with E-state index in [1.54, 1.807) is 13.8 Å². The van der Waals surface area contributed by atoms with Crippen LogP contribution < -0.4 is 5.43 Å². The number of ether oxygens (including phenoxy) is 2. The summed E-state index contributed by atoms with van der Waals surface area (Å²) in [4.78, 5) is 33.7. The Balaban J connectivity index is 3.06. The highest BCUT2D eigenvalue weighted by atomic mass is 35.5. The molecule has 1 aromatic carbocycles. The average molecular weight is 358 g/mol. The zero-order valence-corrected chi connectivity index (χ0v) is 13.8. The number of esters is 2. The molecule has 0 aliphatic rings. The van der Waals surface area contributed by atoms with Crippen molar-refractivity contribution in [3.8, 4) is 0 Å². The van der Waals surface area contributed by atoms with Crippen molar-refractivity contribution in [1.29, 1.82) is 0 Å². The van der Waals surface area contributed by atoms with E-state index in [1.165, 1.54) is 18.2 Å². The van der Waals surface area contributed by atoms with Gasteiger partial charge in [-0.05, 0) is 26.0 Å². The molecule has 10 heteroatoms. The summed E-state index contributed by atoms with van der Waals surface area (Å²) in [5, 5.41) is 15.0. The lowest BCUT2D eigenvalue weighted by atomic mass is 10.2. The molecule has 0 fully saturated rings. The van der Waals surface area contributed by atoms with Gasteiger partial charge in [0, 0.05) is 11.1 Å². The van der Waals surface area contributed by atoms with E-state index < -0.39 is 23.3 Å². The molecule has 0 heterocycles. The molecule has 0 radical (unpaired) electrons. The first-order valence-electron chi connectivity index (χ1n) is 6.98. The largest absolute Gasteiger partial charge is 0.466 e. The standard InChI is InChI=1S/C14H16ClN3O6/c1-3-23-13(19)8-11(14(20)24-4-2)17-16-10-7-9(15)5-6-12(10)18(21)22/h5-7,16H,3-4,8H2,1-2H3/b17-11+. The van der Waals surface area contributed by atoms with Gasteiger partial charge < -0.3 is 9.47 Å². The zero-order chi connectivity index (χ0) is 18.1. The third kappa shape index (κ3) is 5.84. The van der Waals surface area contributed by atoms with E-state index in [9.17, 15) is 19.7 Å². The van der Waals surface area contributed by atoms with Gasteiger partial charge in [0.2, 0.25) is 0 Å². The van der Waals surface area contributed by atoms with Gasteiger partial charge in [0.05, 0.1) is 24.6 Å². The zero-order valence-electron chi connectivity index (χ0n) is 13.1. The van der Waals surface area contributed by atoms with Crippen LogP contribution in [0.3, 0.4) is 0 Å². The highest BCUT2D eigenvalue weighted by Crippen LogP contribution is 2.27. The number of carbonyl (C=O) groups is 2. The fraction of sp³-hybridized carbons (Fsp3) is 0.357. The molecule has 0 saturated carbocycles. The molecule has 0 unspecified atom stereocenters. The maximum Gasteiger partial charge on any atom is 0.355 e. The number of nitrogens with one attached hydrogen (secondary N) is 1. The van der Waals surface area contributed by atoms with E-state index in [0.29, 0.717) is 0 Å². The summed E-state index contributed by atoms with van der Waals surface area (Å²) in [5.74, 6) is -1.51. The van der Waals surface area contributed by atoms with Crippen LogP contribution in [0.25, 0.3) is 0 Å². The van der Waals surface area contributed by atoms with Crippen LogP contribution >= 0.6 is 11.6 Å². The molecule has 1 aromatic rings. The van der Waals surface area contributed by atoms with Gasteiger partial charge in [0.25, 0.3) is 5.69 Å². The minimum atomic E-state index is -0.831. The Labute approximate surface area is 142 Å². The lowest BCUT2D eigenvalue weighted by Crippen LogP contribution is -2.23.